The Balaban J connectivity index is 1.52. The van der Waals surface area contributed by atoms with Crippen LogP contribution in [-0.2, 0) is 16.6 Å². The molecule has 3 amide bonds. The summed E-state index contributed by atoms with van der Waals surface area (Å²) in [6.07, 6.45) is 5.69. The van der Waals surface area contributed by atoms with E-state index in [1.165, 1.54) is 0 Å². The summed E-state index contributed by atoms with van der Waals surface area (Å²) in [5.74, 6) is -1.24. The van der Waals surface area contributed by atoms with Crippen molar-refractivity contribution in [2.75, 3.05) is 6.61 Å². The molecule has 0 aliphatic heterocycles. The number of aryl methyl sites for hydroxylation is 1. The van der Waals surface area contributed by atoms with Gasteiger partial charge in [0.2, 0.25) is 0 Å². The van der Waals surface area contributed by atoms with Crippen LogP contribution < -0.4 is 10.6 Å². The average molecular weight is 343 g/mol. The molecule has 1 aliphatic carbocycles. The fraction of sp³-hybridized carbons (Fsp3) is 0.389. The monoisotopic (exact) mass is 343 g/mol. The van der Waals surface area contributed by atoms with Crippen LogP contribution in [-0.4, -0.2) is 35.1 Å². The summed E-state index contributed by atoms with van der Waals surface area (Å²) in [4.78, 5) is 35.7. The molecular formula is C18H21N3O4. The van der Waals surface area contributed by atoms with Crippen LogP contribution in [0.25, 0.3) is 10.9 Å². The first-order valence-electron chi connectivity index (χ1n) is 8.36. The number of hydrogen-bond donors (Lipinski definition) is 2. The molecule has 2 N–H and O–H groups in total. The smallest absolute Gasteiger partial charge is 0.340 e. The number of rotatable bonds is 4. The molecule has 0 spiro atoms. The Morgan fingerprint density at radius 3 is 2.68 bits per heavy atom. The summed E-state index contributed by atoms with van der Waals surface area (Å²) < 4.78 is 6.86. The number of carbonyl (C=O) groups excluding carboxylic acids is 3. The number of benzene rings is 1. The molecule has 0 atom stereocenters. The van der Waals surface area contributed by atoms with Crippen molar-refractivity contribution in [3.63, 3.8) is 0 Å². The van der Waals surface area contributed by atoms with Gasteiger partial charge < -0.3 is 14.6 Å². The van der Waals surface area contributed by atoms with Gasteiger partial charge in [0.05, 0.1) is 5.56 Å². The van der Waals surface area contributed by atoms with E-state index in [0.717, 1.165) is 36.6 Å². The Morgan fingerprint density at radius 2 is 1.92 bits per heavy atom. The summed E-state index contributed by atoms with van der Waals surface area (Å²) in [5.41, 5.74) is 1.29. The van der Waals surface area contributed by atoms with Gasteiger partial charge in [0.1, 0.15) is 0 Å². The van der Waals surface area contributed by atoms with Crippen molar-refractivity contribution in [2.24, 2.45) is 7.05 Å². The molecule has 1 saturated carbocycles. The number of nitrogens with zero attached hydrogens (tertiary/aromatic N) is 1. The number of fused-ring (bicyclic) bond motifs is 1. The van der Waals surface area contributed by atoms with Gasteiger partial charge in [0.25, 0.3) is 5.91 Å². The Bertz CT molecular complexity index is 806. The van der Waals surface area contributed by atoms with Crippen molar-refractivity contribution in [3.05, 3.63) is 36.0 Å². The van der Waals surface area contributed by atoms with E-state index in [2.05, 4.69) is 10.6 Å². The highest BCUT2D eigenvalue weighted by atomic mass is 16.5. The van der Waals surface area contributed by atoms with Gasteiger partial charge in [0, 0.05) is 30.2 Å². The van der Waals surface area contributed by atoms with E-state index in [-0.39, 0.29) is 6.04 Å². The quantitative estimate of drug-likeness (QED) is 0.832. The summed E-state index contributed by atoms with van der Waals surface area (Å²) in [7, 11) is 1.83. The molecular weight excluding hydrogens is 322 g/mol. The largest absolute Gasteiger partial charge is 0.452 e. The third-order valence-corrected chi connectivity index (χ3v) is 4.39. The lowest BCUT2D eigenvalue weighted by molar-refractivity contribution is -0.123. The van der Waals surface area contributed by atoms with Crippen molar-refractivity contribution in [3.8, 4) is 0 Å². The second-order valence-electron chi connectivity index (χ2n) is 6.25. The molecule has 25 heavy (non-hydrogen) atoms. The highest BCUT2D eigenvalue weighted by Crippen LogP contribution is 2.21. The summed E-state index contributed by atoms with van der Waals surface area (Å²) in [6, 6.07) is 7.00. The number of para-hydroxylation sites is 1. The van der Waals surface area contributed by atoms with Crippen LogP contribution in [0, 0.1) is 0 Å². The minimum atomic E-state index is -0.649. The van der Waals surface area contributed by atoms with Crippen molar-refractivity contribution in [1.82, 2.24) is 15.2 Å². The highest BCUT2D eigenvalue weighted by Gasteiger charge is 2.20. The Labute approximate surface area is 145 Å². The van der Waals surface area contributed by atoms with Crippen molar-refractivity contribution in [1.29, 1.82) is 0 Å². The number of aromatic nitrogens is 1. The van der Waals surface area contributed by atoms with Crippen LogP contribution in [0.15, 0.2) is 30.5 Å². The first-order chi connectivity index (χ1) is 12.0. The molecule has 0 saturated heterocycles. The molecule has 0 bridgehead atoms. The zero-order valence-corrected chi connectivity index (χ0v) is 14.1. The Morgan fingerprint density at radius 1 is 1.20 bits per heavy atom. The second-order valence-corrected chi connectivity index (χ2v) is 6.25. The predicted octanol–water partition coefficient (Wildman–Crippen LogP) is 2.10. The minimum Gasteiger partial charge on any atom is -0.452 e. The van der Waals surface area contributed by atoms with Crippen LogP contribution in [0.4, 0.5) is 4.79 Å². The number of hydrogen-bond acceptors (Lipinski definition) is 4. The van der Waals surface area contributed by atoms with E-state index in [1.54, 1.807) is 6.20 Å². The number of esters is 1. The second kappa shape index (κ2) is 7.38. The van der Waals surface area contributed by atoms with E-state index in [9.17, 15) is 14.4 Å². The molecule has 132 valence electrons. The molecule has 7 heteroatoms. The Hall–Kier alpha value is -2.83. The maximum Gasteiger partial charge on any atom is 0.340 e. The fourth-order valence-corrected chi connectivity index (χ4v) is 3.17. The van der Waals surface area contributed by atoms with E-state index in [1.807, 2.05) is 35.9 Å². The van der Waals surface area contributed by atoms with Crippen LogP contribution in [0.3, 0.4) is 0 Å². The van der Waals surface area contributed by atoms with Gasteiger partial charge in [-0.3, -0.25) is 10.1 Å². The standard InChI is InChI=1S/C18H21N3O4/c1-21-10-14(13-8-4-5-9-15(13)21)17(23)25-11-16(22)20-18(24)19-12-6-2-3-7-12/h4-5,8-10,12H,2-3,6-7,11H2,1H3,(H2,19,20,22,24). The molecule has 1 aromatic heterocycles. The zero-order valence-electron chi connectivity index (χ0n) is 14.1. The number of carbonyl (C=O) groups is 3. The van der Waals surface area contributed by atoms with Crippen molar-refractivity contribution < 1.29 is 19.1 Å². The third kappa shape index (κ3) is 3.99. The van der Waals surface area contributed by atoms with E-state index < -0.39 is 24.5 Å². The number of ether oxygens (including phenoxy) is 1. The number of nitrogens with one attached hydrogen (secondary N) is 2. The molecule has 1 heterocycles. The molecule has 0 unspecified atom stereocenters. The highest BCUT2D eigenvalue weighted by molar-refractivity contribution is 6.05. The van der Waals surface area contributed by atoms with Gasteiger partial charge in [-0.15, -0.1) is 0 Å². The SMILES string of the molecule is Cn1cc(C(=O)OCC(=O)NC(=O)NC2CCCC2)c2ccccc21. The molecule has 7 nitrogen and oxygen atoms in total. The van der Waals surface area contributed by atoms with Crippen LogP contribution in [0.2, 0.25) is 0 Å². The average Bonchev–Trinajstić information content (AvgIpc) is 3.21. The Kier molecular flexibility index (Phi) is 5.02. The zero-order chi connectivity index (χ0) is 17.8. The molecule has 1 fully saturated rings. The van der Waals surface area contributed by atoms with Crippen LogP contribution in [0.1, 0.15) is 36.0 Å². The summed E-state index contributed by atoms with van der Waals surface area (Å²) >= 11 is 0. The summed E-state index contributed by atoms with van der Waals surface area (Å²) in [6.45, 7) is -0.500. The molecule has 3 rings (SSSR count). The topological polar surface area (TPSA) is 89.4 Å². The van der Waals surface area contributed by atoms with Gasteiger partial charge in [0.15, 0.2) is 6.61 Å². The van der Waals surface area contributed by atoms with Crippen LogP contribution >= 0.6 is 0 Å². The normalized spacial score (nSPS) is 14.4. The number of amides is 3. The lowest BCUT2D eigenvalue weighted by Crippen LogP contribution is -2.44. The van der Waals surface area contributed by atoms with E-state index in [0.29, 0.717) is 5.56 Å². The summed E-state index contributed by atoms with van der Waals surface area (Å²) in [5, 5.41) is 5.69. The number of imide groups is 1. The predicted molar refractivity (Wildman–Crippen MR) is 92.1 cm³/mol. The first-order valence-corrected chi connectivity index (χ1v) is 8.36. The molecule has 1 aliphatic rings. The molecule has 1 aromatic carbocycles. The van der Waals surface area contributed by atoms with Crippen molar-refractivity contribution in [2.45, 2.75) is 31.7 Å². The van der Waals surface area contributed by atoms with E-state index >= 15 is 0 Å². The lowest BCUT2D eigenvalue weighted by Gasteiger charge is -2.12. The van der Waals surface area contributed by atoms with Gasteiger partial charge in [-0.05, 0) is 18.9 Å². The maximum atomic E-state index is 12.2. The molecule has 2 aromatic rings. The van der Waals surface area contributed by atoms with Crippen LogP contribution in [0.5, 0.6) is 0 Å². The van der Waals surface area contributed by atoms with E-state index in [4.69, 9.17) is 4.74 Å². The molecule has 0 radical (unpaired) electrons. The maximum absolute atomic E-state index is 12.2. The van der Waals surface area contributed by atoms with Gasteiger partial charge in [-0.1, -0.05) is 31.0 Å². The third-order valence-electron chi connectivity index (χ3n) is 4.39. The van der Waals surface area contributed by atoms with Gasteiger partial charge in [-0.2, -0.15) is 0 Å². The van der Waals surface area contributed by atoms with Crippen molar-refractivity contribution >= 4 is 28.8 Å². The first kappa shape index (κ1) is 17.0. The fourth-order valence-electron chi connectivity index (χ4n) is 3.17. The van der Waals surface area contributed by atoms with Gasteiger partial charge >= 0.3 is 12.0 Å². The number of urea groups is 1. The minimum absolute atomic E-state index is 0.117. The van der Waals surface area contributed by atoms with Gasteiger partial charge in [-0.25, -0.2) is 9.59 Å². The lowest BCUT2D eigenvalue weighted by atomic mass is 10.2.